The number of fused-ring (bicyclic) bond motifs is 1. The van der Waals surface area contributed by atoms with Gasteiger partial charge in [0.1, 0.15) is 23.8 Å². The number of unbranched alkanes of at least 4 members (excludes halogenated alkanes) is 10. The molecule has 0 bridgehead atoms. The predicted octanol–water partition coefficient (Wildman–Crippen LogP) is 2.68. The summed E-state index contributed by atoms with van der Waals surface area (Å²) < 4.78 is 7.07. The first kappa shape index (κ1) is 25.4. The third kappa shape index (κ3) is 6.64. The third-order valence-corrected chi connectivity index (χ3v) is 6.10. The SMILES string of the molecule is CCCCCCCCCCCCC#Cc1nc(N)c2ncn([C@@H]3O[C@H](CO)[C@@H](O)[C@H]3O)c2n1. The van der Waals surface area contributed by atoms with E-state index in [1.165, 1.54) is 68.7 Å². The van der Waals surface area contributed by atoms with E-state index in [4.69, 9.17) is 10.5 Å². The lowest BCUT2D eigenvalue weighted by Gasteiger charge is -2.16. The summed E-state index contributed by atoms with van der Waals surface area (Å²) in [6, 6.07) is 0. The Morgan fingerprint density at radius 1 is 1.00 bits per heavy atom. The van der Waals surface area contributed by atoms with Gasteiger partial charge in [-0.3, -0.25) is 4.57 Å². The number of anilines is 1. The number of hydrogen-bond donors (Lipinski definition) is 4. The van der Waals surface area contributed by atoms with E-state index < -0.39 is 31.1 Å². The van der Waals surface area contributed by atoms with Gasteiger partial charge in [0, 0.05) is 6.42 Å². The van der Waals surface area contributed by atoms with Gasteiger partial charge < -0.3 is 25.8 Å². The molecule has 5 N–H and O–H groups in total. The molecule has 9 heteroatoms. The van der Waals surface area contributed by atoms with Crippen LogP contribution < -0.4 is 5.73 Å². The van der Waals surface area contributed by atoms with Gasteiger partial charge in [0.2, 0.25) is 5.82 Å². The second kappa shape index (κ2) is 12.8. The van der Waals surface area contributed by atoms with Crippen molar-refractivity contribution in [1.82, 2.24) is 19.5 Å². The van der Waals surface area contributed by atoms with E-state index in [0.29, 0.717) is 11.2 Å². The van der Waals surface area contributed by atoms with E-state index >= 15 is 0 Å². The van der Waals surface area contributed by atoms with Gasteiger partial charge in [0.25, 0.3) is 0 Å². The van der Waals surface area contributed by atoms with Crippen LogP contribution in [0.2, 0.25) is 0 Å². The zero-order valence-electron chi connectivity index (χ0n) is 19.5. The quantitative estimate of drug-likeness (QED) is 0.281. The summed E-state index contributed by atoms with van der Waals surface area (Å²) in [5.74, 6) is 6.55. The first-order valence-corrected chi connectivity index (χ1v) is 12.2. The Morgan fingerprint density at radius 2 is 1.67 bits per heavy atom. The van der Waals surface area contributed by atoms with Crippen LogP contribution in [-0.4, -0.2) is 59.8 Å². The molecule has 0 aromatic carbocycles. The molecule has 3 rings (SSSR count). The Hall–Kier alpha value is -2.25. The van der Waals surface area contributed by atoms with Crippen LogP contribution in [0.15, 0.2) is 6.33 Å². The number of aromatic nitrogens is 4. The fourth-order valence-electron chi connectivity index (χ4n) is 4.13. The average molecular weight is 460 g/mol. The number of aliphatic hydroxyl groups excluding tert-OH is 3. The summed E-state index contributed by atoms with van der Waals surface area (Å²) in [4.78, 5) is 12.9. The van der Waals surface area contributed by atoms with Gasteiger partial charge in [-0.15, -0.1) is 0 Å². The lowest BCUT2D eigenvalue weighted by molar-refractivity contribution is -0.0511. The molecule has 9 nitrogen and oxygen atoms in total. The second-order valence-corrected chi connectivity index (χ2v) is 8.72. The molecule has 182 valence electrons. The Morgan fingerprint density at radius 3 is 2.30 bits per heavy atom. The van der Waals surface area contributed by atoms with Crippen molar-refractivity contribution in [3.05, 3.63) is 12.2 Å². The fourth-order valence-corrected chi connectivity index (χ4v) is 4.13. The summed E-state index contributed by atoms with van der Waals surface area (Å²) in [6.07, 6.45) is 10.7. The van der Waals surface area contributed by atoms with Crippen LogP contribution in [0.25, 0.3) is 11.2 Å². The number of hydrogen-bond acceptors (Lipinski definition) is 8. The topological polar surface area (TPSA) is 140 Å². The van der Waals surface area contributed by atoms with Gasteiger partial charge in [-0.2, -0.15) is 0 Å². The number of nitrogen functional groups attached to an aromatic ring is 1. The van der Waals surface area contributed by atoms with E-state index in [1.807, 2.05) is 0 Å². The van der Waals surface area contributed by atoms with Crippen LogP contribution in [0.4, 0.5) is 5.82 Å². The van der Waals surface area contributed by atoms with Crippen molar-refractivity contribution in [2.45, 2.75) is 102 Å². The summed E-state index contributed by atoms with van der Waals surface area (Å²) in [5.41, 5.74) is 6.76. The van der Waals surface area contributed by atoms with Crippen molar-refractivity contribution >= 4 is 17.0 Å². The molecule has 1 aliphatic heterocycles. The molecule has 4 atom stereocenters. The van der Waals surface area contributed by atoms with Crippen molar-refractivity contribution in [1.29, 1.82) is 0 Å². The fraction of sp³-hybridized carbons (Fsp3) is 0.708. The van der Waals surface area contributed by atoms with Crippen LogP contribution in [0.5, 0.6) is 0 Å². The Balaban J connectivity index is 1.51. The van der Waals surface area contributed by atoms with Gasteiger partial charge in [-0.1, -0.05) is 70.6 Å². The molecule has 0 saturated carbocycles. The Kier molecular flexibility index (Phi) is 9.88. The number of rotatable bonds is 12. The van der Waals surface area contributed by atoms with Crippen LogP contribution in [-0.2, 0) is 4.74 Å². The van der Waals surface area contributed by atoms with Crippen molar-refractivity contribution in [2.75, 3.05) is 12.3 Å². The normalized spacial score (nSPS) is 22.5. The molecular formula is C24H37N5O4. The molecule has 0 unspecified atom stereocenters. The van der Waals surface area contributed by atoms with Gasteiger partial charge in [0.15, 0.2) is 17.7 Å². The molecule has 0 radical (unpaired) electrons. The highest BCUT2D eigenvalue weighted by Crippen LogP contribution is 2.31. The van der Waals surface area contributed by atoms with E-state index in [1.54, 1.807) is 0 Å². The first-order valence-electron chi connectivity index (χ1n) is 12.2. The van der Waals surface area contributed by atoms with E-state index in [0.717, 1.165) is 12.8 Å². The summed E-state index contributed by atoms with van der Waals surface area (Å²) in [5, 5.41) is 29.7. The first-order chi connectivity index (χ1) is 16.1. The smallest absolute Gasteiger partial charge is 0.208 e. The summed E-state index contributed by atoms with van der Waals surface area (Å²) in [7, 11) is 0. The number of nitrogens with zero attached hydrogens (tertiary/aromatic N) is 4. The molecule has 1 aliphatic rings. The number of ether oxygens (including phenoxy) is 1. The van der Waals surface area contributed by atoms with E-state index in [2.05, 4.69) is 33.7 Å². The second-order valence-electron chi connectivity index (χ2n) is 8.72. The van der Waals surface area contributed by atoms with E-state index in [9.17, 15) is 15.3 Å². The van der Waals surface area contributed by atoms with E-state index in [-0.39, 0.29) is 11.6 Å². The molecule has 1 saturated heterocycles. The molecule has 2 aromatic heterocycles. The van der Waals surface area contributed by atoms with Gasteiger partial charge in [-0.25, -0.2) is 15.0 Å². The lowest BCUT2D eigenvalue weighted by atomic mass is 10.1. The molecule has 2 aromatic rings. The Labute approximate surface area is 195 Å². The minimum absolute atomic E-state index is 0.189. The molecule has 1 fully saturated rings. The standard InChI is InChI=1S/C24H37N5O4/c1-2-3-4-5-6-7-8-9-10-11-12-13-14-18-27-22(25)19-23(28-18)29(16-26-19)24-21(32)20(31)17(15-30)33-24/h16-17,20-21,24,30-32H,2-12,15H2,1H3,(H2,25,27,28)/t17-,20-,21-,24-/m1/s1. The van der Waals surface area contributed by atoms with Crippen molar-refractivity contribution in [3.8, 4) is 11.8 Å². The zero-order valence-corrected chi connectivity index (χ0v) is 19.5. The third-order valence-electron chi connectivity index (χ3n) is 6.10. The van der Waals surface area contributed by atoms with Crippen molar-refractivity contribution < 1.29 is 20.1 Å². The zero-order chi connectivity index (χ0) is 23.6. The van der Waals surface area contributed by atoms with Crippen molar-refractivity contribution in [2.24, 2.45) is 0 Å². The maximum Gasteiger partial charge on any atom is 0.208 e. The monoisotopic (exact) mass is 459 g/mol. The molecule has 33 heavy (non-hydrogen) atoms. The molecule has 0 aliphatic carbocycles. The maximum atomic E-state index is 10.3. The molecule has 3 heterocycles. The summed E-state index contributed by atoms with van der Waals surface area (Å²) in [6.45, 7) is 1.84. The number of aliphatic hydroxyl groups is 3. The molecule has 0 amide bonds. The van der Waals surface area contributed by atoms with Crippen LogP contribution in [0, 0.1) is 11.8 Å². The van der Waals surface area contributed by atoms with Crippen molar-refractivity contribution in [3.63, 3.8) is 0 Å². The molecular weight excluding hydrogens is 422 g/mol. The van der Waals surface area contributed by atoms with Crippen LogP contribution >= 0.6 is 0 Å². The van der Waals surface area contributed by atoms with Crippen LogP contribution in [0.1, 0.15) is 89.6 Å². The predicted molar refractivity (Wildman–Crippen MR) is 126 cm³/mol. The minimum atomic E-state index is -1.23. The highest BCUT2D eigenvalue weighted by atomic mass is 16.6. The maximum absolute atomic E-state index is 10.3. The van der Waals surface area contributed by atoms with Gasteiger partial charge in [-0.05, 0) is 12.3 Å². The number of imidazole rings is 1. The summed E-state index contributed by atoms with van der Waals surface area (Å²) >= 11 is 0. The highest BCUT2D eigenvalue weighted by molar-refractivity contribution is 5.82. The highest BCUT2D eigenvalue weighted by Gasteiger charge is 2.44. The number of nitrogens with two attached hydrogens (primary N) is 1. The van der Waals surface area contributed by atoms with Crippen LogP contribution in [0.3, 0.4) is 0 Å². The van der Waals surface area contributed by atoms with Gasteiger partial charge in [0.05, 0.1) is 12.9 Å². The minimum Gasteiger partial charge on any atom is -0.394 e. The average Bonchev–Trinajstić information content (AvgIpc) is 3.35. The molecule has 0 spiro atoms. The largest absolute Gasteiger partial charge is 0.394 e. The Bertz CT molecular complexity index is 938. The van der Waals surface area contributed by atoms with Gasteiger partial charge >= 0.3 is 0 Å². The lowest BCUT2D eigenvalue weighted by Crippen LogP contribution is -2.33.